The van der Waals surface area contributed by atoms with Crippen LogP contribution in [0.15, 0.2) is 18.2 Å². The van der Waals surface area contributed by atoms with Crippen molar-refractivity contribution in [2.75, 3.05) is 0 Å². The number of rotatable bonds is 0. The molecule has 2 rings (SSSR count). The first-order valence-corrected chi connectivity index (χ1v) is 5.17. The molecule has 13 heavy (non-hydrogen) atoms. The molecule has 0 unspecified atom stereocenters. The van der Waals surface area contributed by atoms with Gasteiger partial charge in [0.15, 0.2) is 0 Å². The molecule has 68 valence electrons. The van der Waals surface area contributed by atoms with Crippen molar-refractivity contribution in [1.82, 2.24) is 0 Å². The maximum absolute atomic E-state index is 5.94. The molecule has 0 aromatic heterocycles. The van der Waals surface area contributed by atoms with Gasteiger partial charge in [-0.05, 0) is 42.5 Å². The van der Waals surface area contributed by atoms with Crippen molar-refractivity contribution in [3.05, 3.63) is 39.4 Å². The van der Waals surface area contributed by atoms with Crippen molar-refractivity contribution in [1.29, 1.82) is 0 Å². The second-order valence-corrected chi connectivity index (χ2v) is 4.07. The van der Waals surface area contributed by atoms with Gasteiger partial charge in [-0.3, -0.25) is 0 Å². The van der Waals surface area contributed by atoms with Gasteiger partial charge in [0.2, 0.25) is 0 Å². The number of aryl methyl sites for hydroxylation is 1. The van der Waals surface area contributed by atoms with E-state index in [-0.39, 0.29) is 0 Å². The quantitative estimate of drug-likeness (QED) is 0.601. The Morgan fingerprint density at radius 1 is 1.08 bits per heavy atom. The first-order chi connectivity index (χ1) is 6.27. The van der Waals surface area contributed by atoms with Gasteiger partial charge in [0.1, 0.15) is 0 Å². The van der Waals surface area contributed by atoms with Crippen LogP contribution in [-0.2, 0) is 6.42 Å². The summed E-state index contributed by atoms with van der Waals surface area (Å²) in [5, 5.41) is 1.31. The molecule has 0 radical (unpaired) electrons. The monoisotopic (exact) mass is 212 g/mol. The Labute approximate surface area is 88.2 Å². The molecule has 0 bridgehead atoms. The predicted octanol–water partition coefficient (Wildman–Crippen LogP) is 4.34. The zero-order chi connectivity index (χ0) is 9.26. The van der Waals surface area contributed by atoms with Gasteiger partial charge in [0.05, 0.1) is 10.0 Å². The first-order valence-electron chi connectivity index (χ1n) is 4.42. The number of benzene rings is 1. The molecule has 0 aliphatic heterocycles. The van der Waals surface area contributed by atoms with Gasteiger partial charge in [-0.15, -0.1) is 0 Å². The Kier molecular flexibility index (Phi) is 2.61. The fourth-order valence-electron chi connectivity index (χ4n) is 1.60. The Balaban J connectivity index is 2.52. The fraction of sp³-hybridized carbons (Fsp3) is 0.273. The molecule has 0 saturated heterocycles. The molecule has 0 nitrogen and oxygen atoms in total. The third-order valence-corrected chi connectivity index (χ3v) is 3.02. The summed E-state index contributed by atoms with van der Waals surface area (Å²) in [6.07, 6.45) is 7.76. The van der Waals surface area contributed by atoms with Crippen molar-refractivity contribution in [2.45, 2.75) is 19.3 Å². The van der Waals surface area contributed by atoms with Gasteiger partial charge in [-0.25, -0.2) is 0 Å². The molecule has 0 heterocycles. The summed E-state index contributed by atoms with van der Waals surface area (Å²) in [6, 6.07) is 3.93. The molecule has 0 fully saturated rings. The van der Waals surface area contributed by atoms with E-state index in [1.807, 2.05) is 12.1 Å². The van der Waals surface area contributed by atoms with Crippen LogP contribution < -0.4 is 0 Å². The highest BCUT2D eigenvalue weighted by Crippen LogP contribution is 2.29. The third kappa shape index (κ3) is 1.90. The molecule has 0 N–H and O–H groups in total. The van der Waals surface area contributed by atoms with Gasteiger partial charge in [0.25, 0.3) is 0 Å². The fourth-order valence-corrected chi connectivity index (χ4v) is 1.95. The van der Waals surface area contributed by atoms with E-state index >= 15 is 0 Å². The Morgan fingerprint density at radius 2 is 1.85 bits per heavy atom. The summed E-state index contributed by atoms with van der Waals surface area (Å²) >= 11 is 11.9. The minimum Gasteiger partial charge on any atom is -0.0839 e. The molecule has 1 aliphatic carbocycles. The van der Waals surface area contributed by atoms with Crippen LogP contribution in [0.5, 0.6) is 0 Å². The van der Waals surface area contributed by atoms with Crippen LogP contribution in [0.4, 0.5) is 0 Å². The van der Waals surface area contributed by atoms with Crippen LogP contribution in [0.25, 0.3) is 6.08 Å². The molecule has 1 aliphatic rings. The zero-order valence-corrected chi connectivity index (χ0v) is 8.70. The van der Waals surface area contributed by atoms with Crippen molar-refractivity contribution >= 4 is 29.3 Å². The summed E-state index contributed by atoms with van der Waals surface area (Å²) < 4.78 is 0. The Bertz CT molecular complexity index is 353. The van der Waals surface area contributed by atoms with Crippen LogP contribution in [0.1, 0.15) is 24.0 Å². The van der Waals surface area contributed by atoms with E-state index in [0.29, 0.717) is 10.0 Å². The minimum absolute atomic E-state index is 0.645. The van der Waals surface area contributed by atoms with Gasteiger partial charge in [-0.1, -0.05) is 35.4 Å². The van der Waals surface area contributed by atoms with E-state index in [1.165, 1.54) is 17.5 Å². The van der Waals surface area contributed by atoms with E-state index in [4.69, 9.17) is 23.2 Å². The standard InChI is InChI=1S/C11H10Cl2/c12-10-6-8-4-2-1-3-5-9(8)7-11(10)13/h2,4,6-7H,1,3,5H2. The normalized spacial score (nSPS) is 15.2. The molecule has 2 heteroatoms. The lowest BCUT2D eigenvalue weighted by atomic mass is 10.0. The number of allylic oxidation sites excluding steroid dienone is 1. The molecule has 0 atom stereocenters. The number of hydrogen-bond donors (Lipinski definition) is 0. The van der Waals surface area contributed by atoms with Crippen molar-refractivity contribution in [2.24, 2.45) is 0 Å². The smallest absolute Gasteiger partial charge is 0.0598 e. The van der Waals surface area contributed by atoms with E-state index < -0.39 is 0 Å². The molecule has 0 spiro atoms. The van der Waals surface area contributed by atoms with Crippen LogP contribution in [-0.4, -0.2) is 0 Å². The van der Waals surface area contributed by atoms with Crippen LogP contribution in [0.3, 0.4) is 0 Å². The number of hydrogen-bond acceptors (Lipinski definition) is 0. The molecular formula is C11H10Cl2. The van der Waals surface area contributed by atoms with E-state index in [9.17, 15) is 0 Å². The molecular weight excluding hydrogens is 203 g/mol. The van der Waals surface area contributed by atoms with Crippen LogP contribution in [0, 0.1) is 0 Å². The third-order valence-electron chi connectivity index (χ3n) is 2.30. The van der Waals surface area contributed by atoms with Crippen LogP contribution >= 0.6 is 23.2 Å². The predicted molar refractivity (Wildman–Crippen MR) is 58.4 cm³/mol. The van der Waals surface area contributed by atoms with Crippen molar-refractivity contribution < 1.29 is 0 Å². The summed E-state index contributed by atoms with van der Waals surface area (Å²) in [5.74, 6) is 0. The van der Waals surface area contributed by atoms with Crippen molar-refractivity contribution in [3.63, 3.8) is 0 Å². The van der Waals surface area contributed by atoms with Gasteiger partial charge < -0.3 is 0 Å². The maximum atomic E-state index is 5.94. The lowest BCUT2D eigenvalue weighted by Crippen LogP contribution is -1.87. The first kappa shape index (κ1) is 9.11. The number of fused-ring (bicyclic) bond motifs is 1. The number of halogens is 2. The highest BCUT2D eigenvalue weighted by molar-refractivity contribution is 6.42. The zero-order valence-electron chi connectivity index (χ0n) is 7.19. The second kappa shape index (κ2) is 3.73. The maximum Gasteiger partial charge on any atom is 0.0598 e. The average Bonchev–Trinajstić information content (AvgIpc) is 2.31. The second-order valence-electron chi connectivity index (χ2n) is 3.26. The molecule has 0 saturated carbocycles. The van der Waals surface area contributed by atoms with Gasteiger partial charge >= 0.3 is 0 Å². The SMILES string of the molecule is Clc1cc2c(cc1Cl)CCCC=C2. The van der Waals surface area contributed by atoms with Gasteiger partial charge in [0, 0.05) is 0 Å². The van der Waals surface area contributed by atoms with E-state index in [1.54, 1.807) is 0 Å². The van der Waals surface area contributed by atoms with Gasteiger partial charge in [-0.2, -0.15) is 0 Å². The topological polar surface area (TPSA) is 0 Å². The lowest BCUT2D eigenvalue weighted by Gasteiger charge is -2.05. The summed E-state index contributed by atoms with van der Waals surface area (Å²) in [6.45, 7) is 0. The van der Waals surface area contributed by atoms with Crippen LogP contribution in [0.2, 0.25) is 10.0 Å². The molecule has 0 amide bonds. The minimum atomic E-state index is 0.645. The largest absolute Gasteiger partial charge is 0.0839 e. The summed E-state index contributed by atoms with van der Waals surface area (Å²) in [7, 11) is 0. The highest BCUT2D eigenvalue weighted by atomic mass is 35.5. The molecule has 1 aromatic rings. The summed E-state index contributed by atoms with van der Waals surface area (Å²) in [5.41, 5.74) is 2.52. The lowest BCUT2D eigenvalue weighted by molar-refractivity contribution is 0.852. The average molecular weight is 213 g/mol. The van der Waals surface area contributed by atoms with Crippen molar-refractivity contribution in [3.8, 4) is 0 Å². The summed E-state index contributed by atoms with van der Waals surface area (Å²) in [4.78, 5) is 0. The highest BCUT2D eigenvalue weighted by Gasteiger charge is 2.07. The molecule has 1 aromatic carbocycles. The Morgan fingerprint density at radius 3 is 2.69 bits per heavy atom. The van der Waals surface area contributed by atoms with E-state index in [2.05, 4.69) is 12.2 Å². The Hall–Kier alpha value is -0.460. The van der Waals surface area contributed by atoms with E-state index in [0.717, 1.165) is 12.8 Å².